The lowest BCUT2D eigenvalue weighted by molar-refractivity contribution is -0.136. The van der Waals surface area contributed by atoms with Crippen molar-refractivity contribution in [3.05, 3.63) is 65.7 Å². The predicted octanol–water partition coefficient (Wildman–Crippen LogP) is 2.46. The van der Waals surface area contributed by atoms with Crippen molar-refractivity contribution in [2.24, 2.45) is 5.92 Å². The van der Waals surface area contributed by atoms with E-state index in [2.05, 4.69) is 5.32 Å². The van der Waals surface area contributed by atoms with E-state index in [1.54, 1.807) is 36.3 Å². The van der Waals surface area contributed by atoms with Crippen molar-refractivity contribution >= 4 is 17.7 Å². The number of carbonyl (C=O) groups excluding carboxylic acids is 3. The van der Waals surface area contributed by atoms with Crippen molar-refractivity contribution in [3.8, 4) is 5.75 Å². The number of ether oxygens (including phenoxy) is 1. The minimum Gasteiger partial charge on any atom is -0.497 e. The maximum atomic E-state index is 13.0. The maximum Gasteiger partial charge on any atom is 0.251 e. The molecule has 2 saturated heterocycles. The molecule has 7 nitrogen and oxygen atoms in total. The molecule has 0 bridgehead atoms. The molecule has 2 aliphatic heterocycles. The number of piperidine rings is 1. The number of rotatable bonds is 6. The van der Waals surface area contributed by atoms with E-state index in [0.717, 1.165) is 5.56 Å². The van der Waals surface area contributed by atoms with Crippen LogP contribution < -0.4 is 10.1 Å². The van der Waals surface area contributed by atoms with Gasteiger partial charge in [-0.15, -0.1) is 0 Å². The second kappa shape index (κ2) is 9.85. The number of hydrogen-bond acceptors (Lipinski definition) is 4. The summed E-state index contributed by atoms with van der Waals surface area (Å²) < 4.78 is 5.12. The van der Waals surface area contributed by atoms with E-state index in [-0.39, 0.29) is 36.1 Å². The van der Waals surface area contributed by atoms with Gasteiger partial charge in [-0.05, 0) is 42.7 Å². The summed E-state index contributed by atoms with van der Waals surface area (Å²) in [5, 5.41) is 3.06. The number of methoxy groups -OCH3 is 1. The van der Waals surface area contributed by atoms with Crippen LogP contribution in [0.5, 0.6) is 5.75 Å². The first kappa shape index (κ1) is 21.9. The largest absolute Gasteiger partial charge is 0.497 e. The zero-order chi connectivity index (χ0) is 22.5. The number of carbonyl (C=O) groups is 3. The van der Waals surface area contributed by atoms with Gasteiger partial charge >= 0.3 is 0 Å². The molecule has 1 atom stereocenters. The molecule has 2 aliphatic rings. The van der Waals surface area contributed by atoms with Crippen molar-refractivity contribution in [3.63, 3.8) is 0 Å². The third-order valence-corrected chi connectivity index (χ3v) is 6.27. The van der Waals surface area contributed by atoms with Crippen LogP contribution in [0.3, 0.4) is 0 Å². The molecular weight excluding hydrogens is 406 g/mol. The lowest BCUT2D eigenvalue weighted by Crippen LogP contribution is -2.48. The molecule has 0 aliphatic carbocycles. The van der Waals surface area contributed by atoms with E-state index in [1.807, 2.05) is 35.2 Å². The zero-order valence-corrected chi connectivity index (χ0v) is 18.3. The fourth-order valence-corrected chi connectivity index (χ4v) is 4.41. The number of likely N-dealkylation sites (tertiary alicyclic amines) is 2. The van der Waals surface area contributed by atoms with Gasteiger partial charge in [0.2, 0.25) is 11.8 Å². The van der Waals surface area contributed by atoms with Gasteiger partial charge in [0.1, 0.15) is 5.75 Å². The highest BCUT2D eigenvalue weighted by atomic mass is 16.5. The van der Waals surface area contributed by atoms with Crippen LogP contribution in [-0.4, -0.2) is 60.3 Å². The molecule has 1 unspecified atom stereocenters. The number of benzene rings is 2. The third kappa shape index (κ3) is 5.10. The van der Waals surface area contributed by atoms with Gasteiger partial charge in [-0.25, -0.2) is 0 Å². The van der Waals surface area contributed by atoms with Gasteiger partial charge in [0.25, 0.3) is 5.91 Å². The number of nitrogens with zero attached hydrogens (tertiary/aromatic N) is 2. The van der Waals surface area contributed by atoms with Gasteiger partial charge in [-0.2, -0.15) is 0 Å². The van der Waals surface area contributed by atoms with Crippen molar-refractivity contribution < 1.29 is 19.1 Å². The Labute approximate surface area is 188 Å². The van der Waals surface area contributed by atoms with Crippen LogP contribution in [0.25, 0.3) is 0 Å². The second-order valence-corrected chi connectivity index (χ2v) is 8.46. The SMILES string of the molecule is COc1ccc(C(=O)NC2CCN(C(=O)C3CC(=O)N(Cc4ccccc4)C3)CC2)cc1. The molecule has 2 heterocycles. The van der Waals surface area contributed by atoms with Gasteiger partial charge in [0, 0.05) is 44.2 Å². The molecule has 0 radical (unpaired) electrons. The normalized spacial score (nSPS) is 19.2. The summed E-state index contributed by atoms with van der Waals surface area (Å²) in [4.78, 5) is 41.5. The number of hydrogen-bond donors (Lipinski definition) is 1. The lowest BCUT2D eigenvalue weighted by Gasteiger charge is -2.33. The first-order valence-corrected chi connectivity index (χ1v) is 11.1. The third-order valence-electron chi connectivity index (χ3n) is 6.27. The van der Waals surface area contributed by atoms with Crippen LogP contribution in [0.4, 0.5) is 0 Å². The Hall–Kier alpha value is -3.35. The highest BCUT2D eigenvalue weighted by Crippen LogP contribution is 2.24. The maximum absolute atomic E-state index is 13.0. The van der Waals surface area contributed by atoms with Crippen molar-refractivity contribution in [1.82, 2.24) is 15.1 Å². The summed E-state index contributed by atoms with van der Waals surface area (Å²) in [6.07, 6.45) is 1.70. The molecule has 2 fully saturated rings. The molecule has 3 amide bonds. The summed E-state index contributed by atoms with van der Waals surface area (Å²) >= 11 is 0. The summed E-state index contributed by atoms with van der Waals surface area (Å²) in [5.74, 6) is 0.399. The number of nitrogens with one attached hydrogen (secondary N) is 1. The van der Waals surface area contributed by atoms with Gasteiger partial charge < -0.3 is 19.9 Å². The molecule has 2 aromatic rings. The fourth-order valence-electron chi connectivity index (χ4n) is 4.41. The molecule has 0 spiro atoms. The smallest absolute Gasteiger partial charge is 0.251 e. The van der Waals surface area contributed by atoms with Crippen LogP contribution in [0, 0.1) is 5.92 Å². The molecule has 32 heavy (non-hydrogen) atoms. The van der Waals surface area contributed by atoms with E-state index in [1.165, 1.54) is 0 Å². The van der Waals surface area contributed by atoms with E-state index in [4.69, 9.17) is 4.74 Å². The summed E-state index contributed by atoms with van der Waals surface area (Å²) in [5.41, 5.74) is 1.66. The molecule has 1 N–H and O–H groups in total. The molecule has 4 rings (SSSR count). The average Bonchev–Trinajstić information content (AvgIpc) is 3.19. The Bertz CT molecular complexity index is 953. The summed E-state index contributed by atoms with van der Waals surface area (Å²) in [7, 11) is 1.59. The summed E-state index contributed by atoms with van der Waals surface area (Å²) in [6, 6.07) is 16.9. The van der Waals surface area contributed by atoms with Crippen LogP contribution in [0.15, 0.2) is 54.6 Å². The molecule has 0 aromatic heterocycles. The predicted molar refractivity (Wildman–Crippen MR) is 120 cm³/mol. The molecule has 7 heteroatoms. The first-order valence-electron chi connectivity index (χ1n) is 11.1. The van der Waals surface area contributed by atoms with E-state index in [9.17, 15) is 14.4 Å². The minimum absolute atomic E-state index is 0.0356. The molecule has 0 saturated carbocycles. The Kier molecular flexibility index (Phi) is 6.73. The fraction of sp³-hybridized carbons (Fsp3) is 0.400. The van der Waals surface area contributed by atoms with Gasteiger partial charge in [0.05, 0.1) is 13.0 Å². The Morgan fingerprint density at radius 2 is 1.72 bits per heavy atom. The van der Waals surface area contributed by atoms with Gasteiger partial charge in [-0.1, -0.05) is 30.3 Å². The van der Waals surface area contributed by atoms with E-state index < -0.39 is 0 Å². The standard InChI is InChI=1S/C25H29N3O4/c1-32-22-9-7-19(8-10-22)24(30)26-21-11-13-27(14-12-21)25(31)20-15-23(29)28(17-20)16-18-5-3-2-4-6-18/h2-10,20-21H,11-17H2,1H3,(H,26,30). The van der Waals surface area contributed by atoms with E-state index >= 15 is 0 Å². The van der Waals surface area contributed by atoms with Crippen molar-refractivity contribution in [2.75, 3.05) is 26.7 Å². The second-order valence-electron chi connectivity index (χ2n) is 8.46. The monoisotopic (exact) mass is 435 g/mol. The zero-order valence-electron chi connectivity index (χ0n) is 18.3. The van der Waals surface area contributed by atoms with Crippen LogP contribution in [0.1, 0.15) is 35.2 Å². The lowest BCUT2D eigenvalue weighted by atomic mass is 10.0. The molecule has 168 valence electrons. The number of amides is 3. The average molecular weight is 436 g/mol. The van der Waals surface area contributed by atoms with Gasteiger partial charge in [0.15, 0.2) is 0 Å². The Morgan fingerprint density at radius 1 is 1.03 bits per heavy atom. The van der Waals surface area contributed by atoms with Crippen molar-refractivity contribution in [1.29, 1.82) is 0 Å². The van der Waals surface area contributed by atoms with Crippen LogP contribution >= 0.6 is 0 Å². The van der Waals surface area contributed by atoms with Crippen LogP contribution in [0.2, 0.25) is 0 Å². The first-order chi connectivity index (χ1) is 15.5. The van der Waals surface area contributed by atoms with E-state index in [0.29, 0.717) is 50.3 Å². The highest BCUT2D eigenvalue weighted by Gasteiger charge is 2.37. The van der Waals surface area contributed by atoms with Crippen LogP contribution in [-0.2, 0) is 16.1 Å². The Balaban J connectivity index is 1.25. The van der Waals surface area contributed by atoms with Crippen molar-refractivity contribution in [2.45, 2.75) is 31.8 Å². The minimum atomic E-state index is -0.281. The topological polar surface area (TPSA) is 79.0 Å². The highest BCUT2D eigenvalue weighted by molar-refractivity contribution is 5.94. The molecule has 2 aromatic carbocycles. The Morgan fingerprint density at radius 3 is 2.38 bits per heavy atom. The quantitative estimate of drug-likeness (QED) is 0.756. The summed E-state index contributed by atoms with van der Waals surface area (Å²) in [6.45, 7) is 2.20. The molecular formula is C25H29N3O4. The van der Waals surface area contributed by atoms with Gasteiger partial charge in [-0.3, -0.25) is 14.4 Å².